The summed E-state index contributed by atoms with van der Waals surface area (Å²) in [6, 6.07) is 19.4. The summed E-state index contributed by atoms with van der Waals surface area (Å²) in [5.74, 6) is 1.80. The van der Waals surface area contributed by atoms with Gasteiger partial charge in [0.15, 0.2) is 0 Å². The highest BCUT2D eigenvalue weighted by molar-refractivity contribution is 6.37. The van der Waals surface area contributed by atoms with Crippen molar-refractivity contribution in [3.8, 4) is 11.5 Å². The van der Waals surface area contributed by atoms with Crippen molar-refractivity contribution in [1.29, 1.82) is 0 Å². The first-order chi connectivity index (χ1) is 16.5. The first-order valence-electron chi connectivity index (χ1n) is 11.0. The van der Waals surface area contributed by atoms with Gasteiger partial charge in [-0.2, -0.15) is 0 Å². The summed E-state index contributed by atoms with van der Waals surface area (Å²) in [6.07, 6.45) is 0. The second-order valence-electron chi connectivity index (χ2n) is 8.26. The van der Waals surface area contributed by atoms with Gasteiger partial charge >= 0.3 is 0 Å². The first kappa shape index (κ1) is 21.9. The lowest BCUT2D eigenvalue weighted by molar-refractivity contribution is -0.113. The Labute approximate surface area is 198 Å². The van der Waals surface area contributed by atoms with Gasteiger partial charge in [0.25, 0.3) is 5.91 Å². The van der Waals surface area contributed by atoms with E-state index in [-0.39, 0.29) is 12.6 Å². The molecule has 5 rings (SSSR count). The molecule has 0 fully saturated rings. The Morgan fingerprint density at radius 1 is 1.03 bits per heavy atom. The average Bonchev–Trinajstić information content (AvgIpc) is 3.40. The van der Waals surface area contributed by atoms with E-state index in [2.05, 4.69) is 17.0 Å². The highest BCUT2D eigenvalue weighted by atomic mass is 16.5. The molecule has 0 spiro atoms. The van der Waals surface area contributed by atoms with E-state index in [9.17, 15) is 9.90 Å². The summed E-state index contributed by atoms with van der Waals surface area (Å²) < 4.78 is 16.9. The van der Waals surface area contributed by atoms with E-state index >= 15 is 0 Å². The van der Waals surface area contributed by atoms with Crippen LogP contribution < -0.4 is 19.3 Å². The molecule has 0 radical (unpaired) electrons. The van der Waals surface area contributed by atoms with Crippen LogP contribution in [0.4, 0.5) is 11.4 Å². The van der Waals surface area contributed by atoms with Crippen LogP contribution in [0.5, 0.6) is 11.5 Å². The molecule has 2 aliphatic rings. The Bertz CT molecular complexity index is 1300. The lowest BCUT2D eigenvalue weighted by Gasteiger charge is -2.22. The van der Waals surface area contributed by atoms with Gasteiger partial charge in [0, 0.05) is 47.6 Å². The zero-order valence-electron chi connectivity index (χ0n) is 19.4. The van der Waals surface area contributed by atoms with E-state index < -0.39 is 0 Å². The maximum atomic E-state index is 13.2. The van der Waals surface area contributed by atoms with Gasteiger partial charge in [0.05, 0.1) is 25.5 Å². The first-order valence-corrected chi connectivity index (χ1v) is 11.0. The molecule has 1 amide bonds. The fourth-order valence-corrected chi connectivity index (χ4v) is 4.54. The number of benzene rings is 3. The second-order valence-corrected chi connectivity index (χ2v) is 8.26. The van der Waals surface area contributed by atoms with E-state index in [4.69, 9.17) is 14.2 Å². The zero-order chi connectivity index (χ0) is 23.8. The maximum Gasteiger partial charge on any atom is 0.264 e. The van der Waals surface area contributed by atoms with Crippen LogP contribution >= 0.6 is 0 Å². The Balaban J connectivity index is 1.51. The monoisotopic (exact) mass is 458 g/mol. The SMILES string of the molecule is COc1ccc(CN(C)c2ccc3c(c2)C(=C2C(=O)N(CO)c4ccccc42)OC3)c(OC)c1. The molecule has 174 valence electrons. The number of rotatable bonds is 6. The standard InChI is InChI=1S/C27H26N2O5/c1-28(14-17-9-11-20(32-2)13-24(17)33-3)19-10-8-18-15-34-26(22(18)12-19)25-21-6-4-5-7-23(21)29(16-30)27(25)31/h4-13,30H,14-16H2,1-3H3. The third-order valence-corrected chi connectivity index (χ3v) is 6.34. The number of para-hydroxylation sites is 1. The minimum atomic E-state index is -0.383. The molecule has 0 atom stereocenters. The van der Waals surface area contributed by atoms with Crippen LogP contribution in [-0.4, -0.2) is 39.0 Å². The van der Waals surface area contributed by atoms with E-state index in [0.29, 0.717) is 30.2 Å². The van der Waals surface area contributed by atoms with Crippen molar-refractivity contribution in [1.82, 2.24) is 0 Å². The number of carbonyl (C=O) groups excluding carboxylic acids is 1. The van der Waals surface area contributed by atoms with Gasteiger partial charge in [-0.1, -0.05) is 24.3 Å². The number of carbonyl (C=O) groups is 1. The Kier molecular flexibility index (Phi) is 5.63. The molecular formula is C27H26N2O5. The Morgan fingerprint density at radius 3 is 2.62 bits per heavy atom. The molecule has 1 N–H and O–H groups in total. The predicted octanol–water partition coefficient (Wildman–Crippen LogP) is 4.04. The summed E-state index contributed by atoms with van der Waals surface area (Å²) in [5.41, 5.74) is 5.87. The number of aliphatic hydroxyl groups is 1. The van der Waals surface area contributed by atoms with E-state index in [1.807, 2.05) is 55.6 Å². The number of nitrogens with zero attached hydrogens (tertiary/aromatic N) is 2. The summed E-state index contributed by atoms with van der Waals surface area (Å²) in [5, 5.41) is 9.79. The average molecular weight is 459 g/mol. The van der Waals surface area contributed by atoms with E-state index in [1.165, 1.54) is 4.90 Å². The number of ether oxygens (including phenoxy) is 3. The third-order valence-electron chi connectivity index (χ3n) is 6.34. The molecule has 0 saturated carbocycles. The van der Waals surface area contributed by atoms with Gasteiger partial charge in [0.2, 0.25) is 0 Å². The van der Waals surface area contributed by atoms with Crippen molar-refractivity contribution < 1.29 is 24.1 Å². The molecule has 3 aromatic carbocycles. The summed E-state index contributed by atoms with van der Waals surface area (Å²) >= 11 is 0. The largest absolute Gasteiger partial charge is 0.497 e. The number of aliphatic hydroxyl groups excluding tert-OH is 1. The zero-order valence-corrected chi connectivity index (χ0v) is 19.4. The molecular weight excluding hydrogens is 432 g/mol. The molecule has 34 heavy (non-hydrogen) atoms. The topological polar surface area (TPSA) is 71.5 Å². The summed E-state index contributed by atoms with van der Waals surface area (Å²) in [7, 11) is 5.29. The number of hydrogen-bond donors (Lipinski definition) is 1. The smallest absolute Gasteiger partial charge is 0.264 e. The minimum Gasteiger partial charge on any atom is -0.497 e. The van der Waals surface area contributed by atoms with Gasteiger partial charge in [-0.15, -0.1) is 0 Å². The molecule has 0 unspecified atom stereocenters. The molecule has 0 bridgehead atoms. The number of anilines is 2. The molecule has 7 nitrogen and oxygen atoms in total. The van der Waals surface area contributed by atoms with Crippen molar-refractivity contribution in [3.63, 3.8) is 0 Å². The van der Waals surface area contributed by atoms with Gasteiger partial charge in [0.1, 0.15) is 30.6 Å². The van der Waals surface area contributed by atoms with Crippen LogP contribution in [0, 0.1) is 0 Å². The molecule has 7 heteroatoms. The van der Waals surface area contributed by atoms with Crippen molar-refractivity contribution in [2.75, 3.05) is 37.8 Å². The molecule has 2 heterocycles. The number of hydrogen-bond acceptors (Lipinski definition) is 6. The van der Waals surface area contributed by atoms with Gasteiger partial charge in [-0.3, -0.25) is 9.69 Å². The van der Waals surface area contributed by atoms with Crippen LogP contribution in [0.25, 0.3) is 11.3 Å². The summed E-state index contributed by atoms with van der Waals surface area (Å²) in [4.78, 5) is 16.7. The van der Waals surface area contributed by atoms with Crippen LogP contribution in [0.2, 0.25) is 0 Å². The highest BCUT2D eigenvalue weighted by Gasteiger charge is 2.37. The molecule has 0 aromatic heterocycles. The summed E-state index contributed by atoms with van der Waals surface area (Å²) in [6.45, 7) is 0.643. The molecule has 3 aromatic rings. The van der Waals surface area contributed by atoms with Gasteiger partial charge in [-0.25, -0.2) is 0 Å². The van der Waals surface area contributed by atoms with Crippen molar-refractivity contribution >= 4 is 28.6 Å². The van der Waals surface area contributed by atoms with Crippen LogP contribution in [-0.2, 0) is 22.7 Å². The van der Waals surface area contributed by atoms with Crippen molar-refractivity contribution in [3.05, 3.63) is 82.9 Å². The lowest BCUT2D eigenvalue weighted by Crippen LogP contribution is -2.27. The van der Waals surface area contributed by atoms with Crippen LogP contribution in [0.15, 0.2) is 60.7 Å². The van der Waals surface area contributed by atoms with E-state index in [1.54, 1.807) is 14.2 Å². The van der Waals surface area contributed by atoms with E-state index in [0.717, 1.165) is 39.4 Å². The van der Waals surface area contributed by atoms with Gasteiger partial charge in [-0.05, 0) is 30.3 Å². The molecule has 0 aliphatic carbocycles. The third kappa shape index (κ3) is 3.54. The van der Waals surface area contributed by atoms with Crippen molar-refractivity contribution in [2.24, 2.45) is 0 Å². The fourth-order valence-electron chi connectivity index (χ4n) is 4.54. The van der Waals surface area contributed by atoms with Crippen molar-refractivity contribution in [2.45, 2.75) is 13.2 Å². The fraction of sp³-hybridized carbons (Fsp3) is 0.222. The Hall–Kier alpha value is -3.97. The number of amides is 1. The maximum absolute atomic E-state index is 13.2. The lowest BCUT2D eigenvalue weighted by atomic mass is 10.00. The predicted molar refractivity (Wildman–Crippen MR) is 131 cm³/mol. The Morgan fingerprint density at radius 2 is 1.85 bits per heavy atom. The van der Waals surface area contributed by atoms with Gasteiger partial charge < -0.3 is 24.2 Å². The number of methoxy groups -OCH3 is 2. The normalized spacial score (nSPS) is 16.2. The molecule has 0 saturated heterocycles. The van der Waals surface area contributed by atoms with Crippen LogP contribution in [0.1, 0.15) is 22.3 Å². The number of fused-ring (bicyclic) bond motifs is 2. The second kappa shape index (κ2) is 8.76. The van der Waals surface area contributed by atoms with Crippen LogP contribution in [0.3, 0.4) is 0 Å². The quantitative estimate of drug-likeness (QED) is 0.563. The highest BCUT2D eigenvalue weighted by Crippen LogP contribution is 2.44. The minimum absolute atomic E-state index is 0.256. The molecule has 2 aliphatic heterocycles.